The molecule has 370 valence electrons. The van der Waals surface area contributed by atoms with Crippen LogP contribution in [0.3, 0.4) is 0 Å². The highest BCUT2D eigenvalue weighted by atomic mass is 19.1. The SMILES string of the molecule is CN[C@@H](C)C(=O)NC(C(=O)N1Cc2cc(C3C[C@@H](C(=O)N[C@@H]4CCCc5ccccc54)N(C(=O)C(NC(O)[C@H](C)NC)C(C)(C)C)C3)ccc2CC1C(=O)N[C@H](C)c1ccccc1F)C(C)(C)C. The Morgan fingerprint density at radius 1 is 0.750 bits per heavy atom. The topological polar surface area (TPSA) is 184 Å². The van der Waals surface area contributed by atoms with Crippen LogP contribution in [0.2, 0.25) is 0 Å². The van der Waals surface area contributed by atoms with Crippen LogP contribution in [0.25, 0.3) is 0 Å². The first kappa shape index (κ1) is 52.2. The Balaban J connectivity index is 1.35. The summed E-state index contributed by atoms with van der Waals surface area (Å²) in [5, 5.41) is 29.5. The zero-order valence-electron chi connectivity index (χ0n) is 41.8. The molecule has 1 fully saturated rings. The number of carbonyl (C=O) groups excluding carboxylic acids is 5. The summed E-state index contributed by atoms with van der Waals surface area (Å²) in [7, 11) is 3.40. The first-order chi connectivity index (χ1) is 32.0. The fourth-order valence-corrected chi connectivity index (χ4v) is 9.82. The molecule has 2 heterocycles. The van der Waals surface area contributed by atoms with Crippen molar-refractivity contribution in [2.24, 2.45) is 10.8 Å². The molecule has 0 spiro atoms. The molecule has 0 bridgehead atoms. The number of rotatable bonds is 15. The number of benzene rings is 3. The lowest BCUT2D eigenvalue weighted by Crippen LogP contribution is -2.62. The molecule has 3 aliphatic rings. The van der Waals surface area contributed by atoms with Crippen molar-refractivity contribution in [3.8, 4) is 0 Å². The third kappa shape index (κ3) is 11.8. The van der Waals surface area contributed by atoms with Gasteiger partial charge in [0, 0.05) is 37.0 Å². The van der Waals surface area contributed by atoms with Gasteiger partial charge in [-0.3, -0.25) is 29.3 Å². The quantitative estimate of drug-likeness (QED) is 0.104. The van der Waals surface area contributed by atoms with Crippen LogP contribution in [0, 0.1) is 16.6 Å². The van der Waals surface area contributed by atoms with E-state index in [0.717, 1.165) is 41.5 Å². The van der Waals surface area contributed by atoms with Gasteiger partial charge in [-0.15, -0.1) is 0 Å². The van der Waals surface area contributed by atoms with Crippen LogP contribution in [-0.2, 0) is 43.4 Å². The van der Waals surface area contributed by atoms with E-state index in [2.05, 4.69) is 44.0 Å². The third-order valence-electron chi connectivity index (χ3n) is 14.3. The van der Waals surface area contributed by atoms with Gasteiger partial charge in [0.15, 0.2) is 0 Å². The van der Waals surface area contributed by atoms with E-state index < -0.39 is 70.9 Å². The molecular formula is C53H75FN8O6. The number of nitrogens with zero attached hydrogens (tertiary/aromatic N) is 2. The predicted octanol–water partition coefficient (Wildman–Crippen LogP) is 4.90. The minimum absolute atomic E-state index is 0.0378. The Bertz CT molecular complexity index is 2310. The summed E-state index contributed by atoms with van der Waals surface area (Å²) in [4.78, 5) is 75.5. The summed E-state index contributed by atoms with van der Waals surface area (Å²) in [5.74, 6) is -2.52. The first-order valence-corrected chi connectivity index (χ1v) is 24.3. The largest absolute Gasteiger partial charge is 0.377 e. The van der Waals surface area contributed by atoms with Gasteiger partial charge >= 0.3 is 0 Å². The summed E-state index contributed by atoms with van der Waals surface area (Å²) >= 11 is 0. The van der Waals surface area contributed by atoms with Crippen molar-refractivity contribution < 1.29 is 33.5 Å². The minimum atomic E-state index is -1.05. The van der Waals surface area contributed by atoms with Crippen LogP contribution >= 0.6 is 0 Å². The standard InChI is InChI=1S/C53H75FN8O6/c1-30(38-19-14-15-21-40(38)54)57-48(65)42-26-35-24-23-34(25-36(35)28-61(42)50(67)44(52(4,5)6)59-46(63)31(2)55-10)37-27-43(49(66)58-41-22-16-18-33-17-12-13-20-39(33)41)62(29-37)51(68)45(53(7,8)9)60-47(64)32(3)56-11/h12-15,17,19-21,23-25,30-32,37,41-45,47,55-56,60,64H,16,18,22,26-29H2,1-11H3,(H,57,65)(H,58,66)(H,59,63)/t30-,31+,32+,37?,41-,42?,43+,44?,45?,47?/m1/s1. The Hall–Kier alpha value is -5.22. The molecular weight excluding hydrogens is 864 g/mol. The van der Waals surface area contributed by atoms with E-state index in [9.17, 15) is 33.5 Å². The normalized spacial score (nSPS) is 22.1. The van der Waals surface area contributed by atoms with Gasteiger partial charge in [-0.25, -0.2) is 4.39 Å². The molecule has 14 nitrogen and oxygen atoms in total. The monoisotopic (exact) mass is 939 g/mol. The van der Waals surface area contributed by atoms with Crippen molar-refractivity contribution in [1.29, 1.82) is 0 Å². The number of nitrogens with one attached hydrogen (secondary N) is 6. The van der Waals surface area contributed by atoms with Gasteiger partial charge in [-0.05, 0) is 105 Å². The van der Waals surface area contributed by atoms with Gasteiger partial charge in [0.05, 0.1) is 24.2 Å². The number of hydrogen-bond donors (Lipinski definition) is 7. The zero-order valence-corrected chi connectivity index (χ0v) is 41.8. The molecule has 10 atom stereocenters. The highest BCUT2D eigenvalue weighted by Crippen LogP contribution is 2.38. The molecule has 6 rings (SSSR count). The van der Waals surface area contributed by atoms with E-state index >= 15 is 0 Å². The molecule has 0 radical (unpaired) electrons. The van der Waals surface area contributed by atoms with Crippen LogP contribution in [-0.4, -0.2) is 108 Å². The van der Waals surface area contributed by atoms with E-state index in [4.69, 9.17) is 0 Å². The van der Waals surface area contributed by atoms with Crippen molar-refractivity contribution in [2.45, 2.75) is 161 Å². The number of aliphatic hydroxyl groups excluding tert-OH is 1. The van der Waals surface area contributed by atoms with Gasteiger partial charge in [0.2, 0.25) is 29.5 Å². The second kappa shape index (κ2) is 21.6. The molecule has 15 heteroatoms. The van der Waals surface area contributed by atoms with Crippen LogP contribution in [0.5, 0.6) is 0 Å². The molecule has 1 aliphatic carbocycles. The number of likely N-dealkylation sites (N-methyl/N-ethyl adjacent to an activating group) is 2. The molecule has 2 aliphatic heterocycles. The number of carbonyl (C=O) groups is 5. The molecule has 1 saturated heterocycles. The number of fused-ring (bicyclic) bond motifs is 2. The second-order valence-corrected chi connectivity index (χ2v) is 21.4. The number of aliphatic hydroxyl groups is 1. The maximum atomic E-state index is 15.0. The summed E-state index contributed by atoms with van der Waals surface area (Å²) in [5.41, 5.74) is 3.73. The fourth-order valence-electron chi connectivity index (χ4n) is 9.82. The molecule has 0 aromatic heterocycles. The van der Waals surface area contributed by atoms with Gasteiger partial charge < -0.3 is 41.5 Å². The fraction of sp³-hybridized carbons (Fsp3) is 0.566. The highest BCUT2D eigenvalue weighted by Gasteiger charge is 2.47. The Kier molecular flexibility index (Phi) is 16.6. The minimum Gasteiger partial charge on any atom is -0.377 e. The molecule has 3 aromatic rings. The van der Waals surface area contributed by atoms with E-state index in [1.807, 2.05) is 78.8 Å². The predicted molar refractivity (Wildman–Crippen MR) is 261 cm³/mol. The third-order valence-corrected chi connectivity index (χ3v) is 14.3. The summed E-state index contributed by atoms with van der Waals surface area (Å²) in [6, 6.07) is 14.9. The van der Waals surface area contributed by atoms with Crippen molar-refractivity contribution in [3.63, 3.8) is 0 Å². The number of aryl methyl sites for hydroxylation is 1. The van der Waals surface area contributed by atoms with Crippen LogP contribution in [0.15, 0.2) is 66.7 Å². The van der Waals surface area contributed by atoms with E-state index in [-0.39, 0.29) is 55.2 Å². The smallest absolute Gasteiger partial charge is 0.246 e. The number of hydrogen-bond acceptors (Lipinski definition) is 9. The number of amides is 5. The highest BCUT2D eigenvalue weighted by molar-refractivity contribution is 5.94. The average Bonchev–Trinajstić information content (AvgIpc) is 3.76. The molecule has 7 N–H and O–H groups in total. The second-order valence-electron chi connectivity index (χ2n) is 21.4. The van der Waals surface area contributed by atoms with Gasteiger partial charge in [0.1, 0.15) is 30.2 Å². The zero-order chi connectivity index (χ0) is 49.8. The van der Waals surface area contributed by atoms with Crippen molar-refractivity contribution >= 4 is 29.5 Å². The van der Waals surface area contributed by atoms with Gasteiger partial charge in [-0.1, -0.05) is 102 Å². The Morgan fingerprint density at radius 3 is 2.07 bits per heavy atom. The first-order valence-electron chi connectivity index (χ1n) is 24.3. The Labute approximate surface area is 402 Å². The van der Waals surface area contributed by atoms with Crippen LogP contribution in [0.1, 0.15) is 133 Å². The van der Waals surface area contributed by atoms with Crippen LogP contribution in [0.4, 0.5) is 4.39 Å². The molecule has 3 aromatic carbocycles. The van der Waals surface area contributed by atoms with E-state index in [1.54, 1.807) is 51.0 Å². The van der Waals surface area contributed by atoms with Gasteiger partial charge in [0.25, 0.3) is 0 Å². The average molecular weight is 939 g/mol. The molecule has 68 heavy (non-hydrogen) atoms. The molecule has 5 amide bonds. The molecule has 0 saturated carbocycles. The lowest BCUT2D eigenvalue weighted by atomic mass is 9.83. The number of halogens is 1. The van der Waals surface area contributed by atoms with Crippen LogP contribution < -0.4 is 31.9 Å². The Morgan fingerprint density at radius 2 is 1.41 bits per heavy atom. The number of likely N-dealkylation sites (tertiary alicyclic amines) is 1. The lowest BCUT2D eigenvalue weighted by molar-refractivity contribution is -0.147. The summed E-state index contributed by atoms with van der Waals surface area (Å²) in [6.45, 7) is 16.9. The molecule has 5 unspecified atom stereocenters. The summed E-state index contributed by atoms with van der Waals surface area (Å²) in [6.07, 6.45) is 2.09. The van der Waals surface area contributed by atoms with Crippen molar-refractivity contribution in [2.75, 3.05) is 20.6 Å². The van der Waals surface area contributed by atoms with Crippen molar-refractivity contribution in [1.82, 2.24) is 41.7 Å². The van der Waals surface area contributed by atoms with Gasteiger partial charge in [-0.2, -0.15) is 0 Å². The maximum absolute atomic E-state index is 15.0. The van der Waals surface area contributed by atoms with Crippen molar-refractivity contribution in [3.05, 3.63) is 106 Å². The van der Waals surface area contributed by atoms with E-state index in [1.165, 1.54) is 16.5 Å². The lowest BCUT2D eigenvalue weighted by Gasteiger charge is -2.41. The summed E-state index contributed by atoms with van der Waals surface area (Å²) < 4.78 is 14.9. The van der Waals surface area contributed by atoms with E-state index in [0.29, 0.717) is 12.0 Å². The maximum Gasteiger partial charge on any atom is 0.246 e.